The minimum absolute atomic E-state index is 0.117. The molecule has 1 heterocycles. The number of aryl methyl sites for hydroxylation is 1. The minimum Gasteiger partial charge on any atom is -0.424 e. The fourth-order valence-corrected chi connectivity index (χ4v) is 0.688. The molecule has 1 aromatic heterocycles. The van der Waals surface area contributed by atoms with Gasteiger partial charge in [-0.05, 0) is 19.1 Å². The zero-order chi connectivity index (χ0) is 8.97. The summed E-state index contributed by atoms with van der Waals surface area (Å²) in [7, 11) is 0. The van der Waals surface area contributed by atoms with Crippen molar-refractivity contribution < 1.29 is 9.53 Å². The summed E-state index contributed by atoms with van der Waals surface area (Å²) in [5.41, 5.74) is 5.93. The van der Waals surface area contributed by atoms with Gasteiger partial charge in [-0.1, -0.05) is 0 Å². The van der Waals surface area contributed by atoms with Gasteiger partial charge in [0.25, 0.3) is 0 Å². The van der Waals surface area contributed by atoms with E-state index in [1.807, 2.05) is 6.92 Å². The Bertz CT molecular complexity index is 269. The molecule has 0 saturated heterocycles. The topological polar surface area (TPSA) is 65.2 Å². The number of ether oxygens (including phenoxy) is 1. The number of pyridine rings is 1. The van der Waals surface area contributed by atoms with Crippen LogP contribution >= 0.6 is 0 Å². The van der Waals surface area contributed by atoms with Crippen LogP contribution in [0.3, 0.4) is 0 Å². The normalized spacial score (nSPS) is 9.50. The number of carbonyl (C=O) groups excluding carboxylic acids is 1. The number of nitrogens with zero attached hydrogens (tertiary/aromatic N) is 1. The van der Waals surface area contributed by atoms with Crippen molar-refractivity contribution in [3.63, 3.8) is 0 Å². The molecule has 0 aliphatic rings. The van der Waals surface area contributed by atoms with E-state index in [2.05, 4.69) is 4.98 Å². The van der Waals surface area contributed by atoms with Gasteiger partial charge in [-0.15, -0.1) is 0 Å². The Kier molecular flexibility index (Phi) is 2.76. The Labute approximate surface area is 70.4 Å². The molecule has 64 valence electrons. The van der Waals surface area contributed by atoms with E-state index < -0.39 is 5.97 Å². The van der Waals surface area contributed by atoms with Crippen LogP contribution in [0.4, 0.5) is 0 Å². The summed E-state index contributed by atoms with van der Waals surface area (Å²) in [6.45, 7) is 1.74. The molecule has 12 heavy (non-hydrogen) atoms. The van der Waals surface area contributed by atoms with Gasteiger partial charge in [0.15, 0.2) is 0 Å². The third-order valence-electron chi connectivity index (χ3n) is 1.28. The lowest BCUT2D eigenvalue weighted by atomic mass is 10.4. The monoisotopic (exact) mass is 166 g/mol. The van der Waals surface area contributed by atoms with Gasteiger partial charge in [-0.2, -0.15) is 0 Å². The van der Waals surface area contributed by atoms with Crippen molar-refractivity contribution in [3.8, 4) is 5.75 Å². The van der Waals surface area contributed by atoms with Crippen molar-refractivity contribution >= 4 is 5.97 Å². The number of esters is 1. The van der Waals surface area contributed by atoms with E-state index in [1.54, 1.807) is 12.1 Å². The van der Waals surface area contributed by atoms with Crippen molar-refractivity contribution in [1.82, 2.24) is 4.98 Å². The highest BCUT2D eigenvalue weighted by molar-refractivity contribution is 5.73. The average Bonchev–Trinajstić information content (AvgIpc) is 2.09. The highest BCUT2D eigenvalue weighted by Gasteiger charge is 2.00. The van der Waals surface area contributed by atoms with Gasteiger partial charge >= 0.3 is 5.97 Å². The van der Waals surface area contributed by atoms with Crippen molar-refractivity contribution in [2.24, 2.45) is 5.73 Å². The molecule has 0 spiro atoms. The highest BCUT2D eigenvalue weighted by Crippen LogP contribution is 2.07. The van der Waals surface area contributed by atoms with Crippen LogP contribution in [0, 0.1) is 6.92 Å². The highest BCUT2D eigenvalue weighted by atomic mass is 16.5. The summed E-state index contributed by atoms with van der Waals surface area (Å²) in [5.74, 6) is -0.0308. The van der Waals surface area contributed by atoms with Gasteiger partial charge < -0.3 is 10.5 Å². The number of rotatable bonds is 2. The molecule has 0 saturated carbocycles. The largest absolute Gasteiger partial charge is 0.424 e. The maximum absolute atomic E-state index is 10.7. The third-order valence-corrected chi connectivity index (χ3v) is 1.28. The maximum Gasteiger partial charge on any atom is 0.325 e. The molecule has 0 radical (unpaired) electrons. The Morgan fingerprint density at radius 2 is 2.42 bits per heavy atom. The molecule has 0 amide bonds. The predicted molar refractivity (Wildman–Crippen MR) is 43.7 cm³/mol. The molecule has 0 aliphatic carbocycles. The number of hydrogen-bond donors (Lipinski definition) is 1. The fraction of sp³-hybridized carbons (Fsp3) is 0.250. The Morgan fingerprint density at radius 3 is 2.92 bits per heavy atom. The van der Waals surface area contributed by atoms with Gasteiger partial charge in [-0.3, -0.25) is 9.78 Å². The number of nitrogens with two attached hydrogens (primary N) is 1. The summed E-state index contributed by atoms with van der Waals surface area (Å²) in [5, 5.41) is 0. The minimum atomic E-state index is -0.458. The molecule has 1 rings (SSSR count). The van der Waals surface area contributed by atoms with E-state index in [1.165, 1.54) is 6.20 Å². The summed E-state index contributed by atoms with van der Waals surface area (Å²) < 4.78 is 4.79. The van der Waals surface area contributed by atoms with Crippen LogP contribution in [0.1, 0.15) is 5.69 Å². The van der Waals surface area contributed by atoms with Crippen molar-refractivity contribution in [3.05, 3.63) is 24.0 Å². The summed E-state index contributed by atoms with van der Waals surface area (Å²) in [4.78, 5) is 14.6. The van der Waals surface area contributed by atoms with Crippen LogP contribution in [-0.4, -0.2) is 17.5 Å². The first-order valence-corrected chi connectivity index (χ1v) is 3.56. The van der Waals surface area contributed by atoms with E-state index in [4.69, 9.17) is 10.5 Å². The van der Waals surface area contributed by atoms with E-state index in [-0.39, 0.29) is 6.54 Å². The smallest absolute Gasteiger partial charge is 0.325 e. The molecule has 0 unspecified atom stereocenters. The lowest BCUT2D eigenvalue weighted by Gasteiger charge is -2.00. The summed E-state index contributed by atoms with van der Waals surface area (Å²) >= 11 is 0. The van der Waals surface area contributed by atoms with Crippen LogP contribution < -0.4 is 10.5 Å². The number of hydrogen-bond acceptors (Lipinski definition) is 4. The molecule has 1 aromatic rings. The lowest BCUT2D eigenvalue weighted by Crippen LogP contribution is -2.19. The van der Waals surface area contributed by atoms with Crippen molar-refractivity contribution in [1.29, 1.82) is 0 Å². The van der Waals surface area contributed by atoms with Gasteiger partial charge in [0.2, 0.25) is 0 Å². The quantitative estimate of drug-likeness (QED) is 0.640. The zero-order valence-corrected chi connectivity index (χ0v) is 6.78. The second-order valence-electron chi connectivity index (χ2n) is 2.31. The standard InChI is InChI=1S/C8H10N2O2/c1-6-2-3-7(5-10-6)12-8(11)4-9/h2-3,5H,4,9H2,1H3. The molecule has 0 bridgehead atoms. The Morgan fingerprint density at radius 1 is 1.67 bits per heavy atom. The molecule has 0 aliphatic heterocycles. The van der Waals surface area contributed by atoms with Gasteiger partial charge in [0.05, 0.1) is 12.7 Å². The van der Waals surface area contributed by atoms with E-state index in [9.17, 15) is 4.79 Å². The van der Waals surface area contributed by atoms with Crippen LogP contribution in [0.5, 0.6) is 5.75 Å². The lowest BCUT2D eigenvalue weighted by molar-refractivity contribution is -0.132. The Hall–Kier alpha value is -1.42. The van der Waals surface area contributed by atoms with Crippen LogP contribution in [-0.2, 0) is 4.79 Å². The zero-order valence-electron chi connectivity index (χ0n) is 6.78. The van der Waals surface area contributed by atoms with Crippen molar-refractivity contribution in [2.45, 2.75) is 6.92 Å². The number of carbonyl (C=O) groups is 1. The van der Waals surface area contributed by atoms with E-state index in [0.717, 1.165) is 5.69 Å². The second-order valence-corrected chi connectivity index (χ2v) is 2.31. The SMILES string of the molecule is Cc1ccc(OC(=O)CN)cn1. The Balaban J connectivity index is 2.64. The molecular formula is C8H10N2O2. The summed E-state index contributed by atoms with van der Waals surface area (Å²) in [6, 6.07) is 3.44. The van der Waals surface area contributed by atoms with Crippen LogP contribution in [0.2, 0.25) is 0 Å². The van der Waals surface area contributed by atoms with E-state index >= 15 is 0 Å². The molecule has 2 N–H and O–H groups in total. The third kappa shape index (κ3) is 2.32. The van der Waals surface area contributed by atoms with Crippen LogP contribution in [0.15, 0.2) is 18.3 Å². The fourth-order valence-electron chi connectivity index (χ4n) is 0.688. The summed E-state index contributed by atoms with van der Waals surface area (Å²) in [6.07, 6.45) is 1.49. The molecule has 0 atom stereocenters. The maximum atomic E-state index is 10.7. The molecule has 0 fully saturated rings. The van der Waals surface area contributed by atoms with Gasteiger partial charge in [0, 0.05) is 5.69 Å². The molecule has 4 heteroatoms. The number of aromatic nitrogens is 1. The molecular weight excluding hydrogens is 156 g/mol. The molecule has 0 aromatic carbocycles. The van der Waals surface area contributed by atoms with E-state index in [0.29, 0.717) is 5.75 Å². The first kappa shape index (κ1) is 8.67. The molecule has 4 nitrogen and oxygen atoms in total. The predicted octanol–water partition coefficient (Wildman–Crippen LogP) is 0.254. The second kappa shape index (κ2) is 3.82. The van der Waals surface area contributed by atoms with Gasteiger partial charge in [0.1, 0.15) is 5.75 Å². The van der Waals surface area contributed by atoms with Crippen molar-refractivity contribution in [2.75, 3.05) is 6.54 Å². The first-order valence-electron chi connectivity index (χ1n) is 3.56. The van der Waals surface area contributed by atoms with Gasteiger partial charge in [-0.25, -0.2) is 0 Å². The first-order chi connectivity index (χ1) is 5.72. The average molecular weight is 166 g/mol. The van der Waals surface area contributed by atoms with Crippen LogP contribution in [0.25, 0.3) is 0 Å².